The standard InChI is InChI=1S/C15H10BrClN2O/c16-11-5-4-10(13(17)8-11)7-15(20)12-9-18-19-6-2-1-3-14(12)19/h1-6,8-9H,7H2. The second kappa shape index (κ2) is 5.38. The molecular formula is C15H10BrClN2O. The molecule has 20 heavy (non-hydrogen) atoms. The van der Waals surface area contributed by atoms with Crippen LogP contribution < -0.4 is 0 Å². The van der Waals surface area contributed by atoms with Crippen LogP contribution in [0.15, 0.2) is 53.3 Å². The van der Waals surface area contributed by atoms with Crippen molar-refractivity contribution in [3.63, 3.8) is 0 Å². The van der Waals surface area contributed by atoms with Crippen LogP contribution in [-0.4, -0.2) is 15.4 Å². The zero-order chi connectivity index (χ0) is 14.1. The average Bonchev–Trinajstić information content (AvgIpc) is 2.86. The first kappa shape index (κ1) is 13.3. The molecule has 0 bridgehead atoms. The Labute approximate surface area is 129 Å². The van der Waals surface area contributed by atoms with Crippen molar-refractivity contribution >= 4 is 38.8 Å². The summed E-state index contributed by atoms with van der Waals surface area (Å²) in [6, 6.07) is 11.2. The summed E-state index contributed by atoms with van der Waals surface area (Å²) in [6.07, 6.45) is 3.69. The molecule has 0 N–H and O–H groups in total. The van der Waals surface area contributed by atoms with Crippen LogP contribution in [-0.2, 0) is 6.42 Å². The fourth-order valence-electron chi connectivity index (χ4n) is 2.08. The number of pyridine rings is 1. The first-order valence-corrected chi connectivity index (χ1v) is 7.22. The van der Waals surface area contributed by atoms with Gasteiger partial charge in [-0.3, -0.25) is 4.79 Å². The number of carbonyl (C=O) groups excluding carboxylic acids is 1. The second-order valence-corrected chi connectivity index (χ2v) is 5.75. The molecule has 0 spiro atoms. The minimum Gasteiger partial charge on any atom is -0.294 e. The molecule has 0 aliphatic rings. The van der Waals surface area contributed by atoms with Crippen molar-refractivity contribution in [2.24, 2.45) is 0 Å². The van der Waals surface area contributed by atoms with Gasteiger partial charge in [-0.15, -0.1) is 0 Å². The Morgan fingerprint density at radius 2 is 2.15 bits per heavy atom. The lowest BCUT2D eigenvalue weighted by Gasteiger charge is -2.03. The third-order valence-corrected chi connectivity index (χ3v) is 3.94. The maximum Gasteiger partial charge on any atom is 0.171 e. The van der Waals surface area contributed by atoms with Crippen LogP contribution in [0.3, 0.4) is 0 Å². The number of nitrogens with zero attached hydrogens (tertiary/aromatic N) is 2. The molecule has 3 rings (SSSR count). The normalized spacial score (nSPS) is 10.9. The van der Waals surface area contributed by atoms with Crippen molar-refractivity contribution in [1.82, 2.24) is 9.61 Å². The highest BCUT2D eigenvalue weighted by atomic mass is 79.9. The molecule has 0 unspecified atom stereocenters. The quantitative estimate of drug-likeness (QED) is 0.665. The molecule has 3 aromatic rings. The third kappa shape index (κ3) is 2.49. The maximum absolute atomic E-state index is 12.4. The molecule has 0 amide bonds. The predicted octanol–water partition coefficient (Wildman–Crippen LogP) is 4.18. The number of ketones is 1. The van der Waals surface area contributed by atoms with Gasteiger partial charge in [0.2, 0.25) is 0 Å². The highest BCUT2D eigenvalue weighted by Crippen LogP contribution is 2.23. The van der Waals surface area contributed by atoms with Crippen molar-refractivity contribution in [1.29, 1.82) is 0 Å². The second-order valence-electron chi connectivity index (χ2n) is 4.42. The van der Waals surface area contributed by atoms with Crippen LogP contribution in [0.1, 0.15) is 15.9 Å². The van der Waals surface area contributed by atoms with Crippen molar-refractivity contribution < 1.29 is 4.79 Å². The van der Waals surface area contributed by atoms with Crippen LogP contribution in [0, 0.1) is 0 Å². The Kier molecular flexibility index (Phi) is 3.59. The Bertz CT molecular complexity index is 797. The van der Waals surface area contributed by atoms with Crippen LogP contribution in [0.2, 0.25) is 5.02 Å². The molecule has 100 valence electrons. The van der Waals surface area contributed by atoms with Crippen LogP contribution in [0.5, 0.6) is 0 Å². The maximum atomic E-state index is 12.4. The smallest absolute Gasteiger partial charge is 0.171 e. The fourth-order valence-corrected chi connectivity index (χ4v) is 2.82. The molecule has 0 fully saturated rings. The van der Waals surface area contributed by atoms with E-state index in [0.29, 0.717) is 10.6 Å². The number of Topliss-reactive ketones (excluding diaryl/α,β-unsaturated/α-hetero) is 1. The van der Waals surface area contributed by atoms with E-state index in [1.807, 2.05) is 36.5 Å². The molecule has 2 heterocycles. The van der Waals surface area contributed by atoms with E-state index in [-0.39, 0.29) is 12.2 Å². The van der Waals surface area contributed by atoms with E-state index in [2.05, 4.69) is 21.0 Å². The summed E-state index contributed by atoms with van der Waals surface area (Å²) in [4.78, 5) is 12.4. The van der Waals surface area contributed by atoms with Gasteiger partial charge in [0.05, 0.1) is 17.3 Å². The average molecular weight is 350 g/mol. The van der Waals surface area contributed by atoms with E-state index in [1.165, 1.54) is 0 Å². The van der Waals surface area contributed by atoms with E-state index in [9.17, 15) is 4.79 Å². The Hall–Kier alpha value is -1.65. The number of aromatic nitrogens is 2. The molecule has 0 atom stereocenters. The number of benzene rings is 1. The zero-order valence-electron chi connectivity index (χ0n) is 10.4. The van der Waals surface area contributed by atoms with Gasteiger partial charge in [-0.1, -0.05) is 39.7 Å². The van der Waals surface area contributed by atoms with Crippen molar-refractivity contribution in [2.45, 2.75) is 6.42 Å². The van der Waals surface area contributed by atoms with E-state index >= 15 is 0 Å². The Morgan fingerprint density at radius 1 is 1.30 bits per heavy atom. The molecule has 0 saturated heterocycles. The summed E-state index contributed by atoms with van der Waals surface area (Å²) >= 11 is 9.50. The topological polar surface area (TPSA) is 34.4 Å². The van der Waals surface area contributed by atoms with E-state index in [0.717, 1.165) is 15.6 Å². The van der Waals surface area contributed by atoms with Gasteiger partial charge < -0.3 is 0 Å². The summed E-state index contributed by atoms with van der Waals surface area (Å²) in [6.45, 7) is 0. The van der Waals surface area contributed by atoms with Gasteiger partial charge in [-0.2, -0.15) is 5.10 Å². The van der Waals surface area contributed by atoms with E-state index < -0.39 is 0 Å². The summed E-state index contributed by atoms with van der Waals surface area (Å²) < 4.78 is 2.59. The molecule has 0 saturated carbocycles. The number of hydrogen-bond acceptors (Lipinski definition) is 2. The summed E-state index contributed by atoms with van der Waals surface area (Å²) in [5.41, 5.74) is 2.24. The molecule has 5 heteroatoms. The monoisotopic (exact) mass is 348 g/mol. The first-order valence-electron chi connectivity index (χ1n) is 6.04. The number of rotatable bonds is 3. The van der Waals surface area contributed by atoms with Gasteiger partial charge in [0.15, 0.2) is 5.78 Å². The van der Waals surface area contributed by atoms with Crippen molar-refractivity contribution in [3.05, 3.63) is 69.4 Å². The minimum atomic E-state index is 0.00965. The molecule has 0 aliphatic carbocycles. The van der Waals surface area contributed by atoms with Crippen molar-refractivity contribution in [2.75, 3.05) is 0 Å². The number of hydrogen-bond donors (Lipinski definition) is 0. The highest BCUT2D eigenvalue weighted by molar-refractivity contribution is 9.10. The SMILES string of the molecule is O=C(Cc1ccc(Br)cc1Cl)c1cnn2ccccc12. The summed E-state index contributed by atoms with van der Waals surface area (Å²) in [5.74, 6) is 0.00965. The lowest BCUT2D eigenvalue weighted by Crippen LogP contribution is -2.03. The number of carbonyl (C=O) groups is 1. The number of fused-ring (bicyclic) bond motifs is 1. The van der Waals surface area contributed by atoms with Gasteiger partial charge >= 0.3 is 0 Å². The Morgan fingerprint density at radius 3 is 2.95 bits per heavy atom. The molecule has 2 aromatic heterocycles. The van der Waals surface area contributed by atoms with Gasteiger partial charge in [0.1, 0.15) is 0 Å². The zero-order valence-corrected chi connectivity index (χ0v) is 12.7. The van der Waals surface area contributed by atoms with E-state index in [1.54, 1.807) is 16.8 Å². The summed E-state index contributed by atoms with van der Waals surface area (Å²) in [7, 11) is 0. The minimum absolute atomic E-state index is 0.00965. The molecule has 1 aromatic carbocycles. The van der Waals surface area contributed by atoms with Crippen LogP contribution >= 0.6 is 27.5 Å². The first-order chi connectivity index (χ1) is 9.65. The number of halogens is 2. The van der Waals surface area contributed by atoms with Gasteiger partial charge in [-0.25, -0.2) is 4.52 Å². The van der Waals surface area contributed by atoms with Gasteiger partial charge in [0, 0.05) is 22.1 Å². The molecule has 3 nitrogen and oxygen atoms in total. The van der Waals surface area contributed by atoms with Crippen LogP contribution in [0.25, 0.3) is 5.52 Å². The predicted molar refractivity (Wildman–Crippen MR) is 82.4 cm³/mol. The van der Waals surface area contributed by atoms with Crippen molar-refractivity contribution in [3.8, 4) is 0 Å². The molecular weight excluding hydrogens is 340 g/mol. The largest absolute Gasteiger partial charge is 0.294 e. The molecule has 0 radical (unpaired) electrons. The van der Waals surface area contributed by atoms with Gasteiger partial charge in [-0.05, 0) is 29.8 Å². The van der Waals surface area contributed by atoms with E-state index in [4.69, 9.17) is 11.6 Å². The third-order valence-electron chi connectivity index (χ3n) is 3.09. The Balaban J connectivity index is 1.93. The van der Waals surface area contributed by atoms with Crippen LogP contribution in [0.4, 0.5) is 0 Å². The lowest BCUT2D eigenvalue weighted by molar-refractivity contribution is 0.0994. The van der Waals surface area contributed by atoms with Gasteiger partial charge in [0.25, 0.3) is 0 Å². The fraction of sp³-hybridized carbons (Fsp3) is 0.0667. The highest BCUT2D eigenvalue weighted by Gasteiger charge is 2.14. The lowest BCUT2D eigenvalue weighted by atomic mass is 10.0. The summed E-state index contributed by atoms with van der Waals surface area (Å²) in [5, 5.41) is 4.76. The molecule has 0 aliphatic heterocycles.